The van der Waals surface area contributed by atoms with E-state index in [4.69, 9.17) is 8.83 Å². The van der Waals surface area contributed by atoms with Gasteiger partial charge >= 0.3 is 0 Å². The standard InChI is InChI=1S/C44H27NO2/c1-2-10-29-25-31(19-17-28(29)9-1)45(32-20-24-44-39(27-32)37-14-6-8-16-42(37)47-44)40-22-21-33(34-11-3-4-12-35(34)40)30-18-23-43-38(26-30)36-13-5-7-15-41(36)46-43/h1-27H. The van der Waals surface area contributed by atoms with Gasteiger partial charge in [0.05, 0.1) is 5.69 Å². The zero-order valence-corrected chi connectivity index (χ0v) is 25.4. The van der Waals surface area contributed by atoms with Gasteiger partial charge in [-0.05, 0) is 87.9 Å². The molecule has 2 aromatic heterocycles. The highest BCUT2D eigenvalue weighted by molar-refractivity contribution is 6.11. The molecule has 10 rings (SSSR count). The molecule has 220 valence electrons. The second kappa shape index (κ2) is 10.1. The largest absolute Gasteiger partial charge is 0.456 e. The van der Waals surface area contributed by atoms with Gasteiger partial charge in [0, 0.05) is 38.3 Å². The highest BCUT2D eigenvalue weighted by Gasteiger charge is 2.20. The Morgan fingerprint density at radius 1 is 0.340 bits per heavy atom. The summed E-state index contributed by atoms with van der Waals surface area (Å²) in [5.41, 5.74) is 9.23. The molecule has 3 heteroatoms. The number of rotatable bonds is 4. The number of fused-ring (bicyclic) bond motifs is 8. The van der Waals surface area contributed by atoms with Gasteiger partial charge in [0.2, 0.25) is 0 Å². The van der Waals surface area contributed by atoms with Crippen LogP contribution in [0.5, 0.6) is 0 Å². The lowest BCUT2D eigenvalue weighted by Crippen LogP contribution is -2.10. The van der Waals surface area contributed by atoms with E-state index in [1.165, 1.54) is 27.1 Å². The number of furan rings is 2. The van der Waals surface area contributed by atoms with Crippen LogP contribution in [-0.2, 0) is 0 Å². The molecule has 8 aromatic carbocycles. The second-order valence-corrected chi connectivity index (χ2v) is 12.1. The summed E-state index contributed by atoms with van der Waals surface area (Å²) in [5.74, 6) is 0. The molecule has 3 nitrogen and oxygen atoms in total. The van der Waals surface area contributed by atoms with Crippen LogP contribution >= 0.6 is 0 Å². The van der Waals surface area contributed by atoms with E-state index in [0.717, 1.165) is 66.5 Å². The van der Waals surface area contributed by atoms with Crippen molar-refractivity contribution in [2.75, 3.05) is 4.90 Å². The molecule has 0 saturated heterocycles. The highest BCUT2D eigenvalue weighted by Crippen LogP contribution is 2.44. The minimum absolute atomic E-state index is 0.885. The van der Waals surface area contributed by atoms with E-state index in [1.54, 1.807) is 0 Å². The molecule has 2 heterocycles. The normalized spacial score (nSPS) is 11.8. The minimum atomic E-state index is 0.885. The van der Waals surface area contributed by atoms with Crippen molar-refractivity contribution < 1.29 is 8.83 Å². The molecule has 0 N–H and O–H groups in total. The van der Waals surface area contributed by atoms with Gasteiger partial charge in [0.1, 0.15) is 22.3 Å². The molecule has 0 aliphatic rings. The van der Waals surface area contributed by atoms with E-state index in [1.807, 2.05) is 24.3 Å². The van der Waals surface area contributed by atoms with Crippen LogP contribution in [0.15, 0.2) is 173 Å². The third-order valence-corrected chi connectivity index (χ3v) is 9.44. The van der Waals surface area contributed by atoms with E-state index in [-0.39, 0.29) is 0 Å². The van der Waals surface area contributed by atoms with Crippen LogP contribution in [0.4, 0.5) is 17.1 Å². The minimum Gasteiger partial charge on any atom is -0.456 e. The fourth-order valence-electron chi connectivity index (χ4n) is 7.22. The third kappa shape index (κ3) is 4.07. The predicted octanol–water partition coefficient (Wildman–Crippen LogP) is 12.9. The molecule has 10 aromatic rings. The van der Waals surface area contributed by atoms with Gasteiger partial charge in [-0.15, -0.1) is 0 Å². The second-order valence-electron chi connectivity index (χ2n) is 12.1. The summed E-state index contributed by atoms with van der Waals surface area (Å²) < 4.78 is 12.4. The zero-order valence-electron chi connectivity index (χ0n) is 25.4. The lowest BCUT2D eigenvalue weighted by atomic mass is 9.95. The maximum atomic E-state index is 6.22. The average molecular weight is 602 g/mol. The quantitative estimate of drug-likeness (QED) is 0.201. The van der Waals surface area contributed by atoms with Crippen LogP contribution in [0.1, 0.15) is 0 Å². The van der Waals surface area contributed by atoms with Crippen LogP contribution < -0.4 is 4.90 Å². The molecule has 0 spiro atoms. The van der Waals surface area contributed by atoms with E-state index in [2.05, 4.69) is 144 Å². The van der Waals surface area contributed by atoms with Crippen LogP contribution in [0.2, 0.25) is 0 Å². The van der Waals surface area contributed by atoms with Crippen LogP contribution in [0.25, 0.3) is 76.5 Å². The summed E-state index contributed by atoms with van der Waals surface area (Å²) in [5, 5.41) is 9.27. The number of para-hydroxylation sites is 2. The van der Waals surface area contributed by atoms with Crippen molar-refractivity contribution >= 4 is 82.5 Å². The fraction of sp³-hybridized carbons (Fsp3) is 0. The Morgan fingerprint density at radius 2 is 0.894 bits per heavy atom. The molecule has 0 bridgehead atoms. The Hall–Kier alpha value is -6.32. The van der Waals surface area contributed by atoms with Crippen molar-refractivity contribution in [3.8, 4) is 11.1 Å². The first kappa shape index (κ1) is 26.0. The predicted molar refractivity (Wildman–Crippen MR) is 196 cm³/mol. The maximum absolute atomic E-state index is 6.22. The van der Waals surface area contributed by atoms with Crippen LogP contribution in [-0.4, -0.2) is 0 Å². The van der Waals surface area contributed by atoms with Gasteiger partial charge in [-0.1, -0.05) is 103 Å². The topological polar surface area (TPSA) is 29.5 Å². The van der Waals surface area contributed by atoms with E-state index >= 15 is 0 Å². The molecular formula is C44H27NO2. The number of hydrogen-bond acceptors (Lipinski definition) is 3. The summed E-state index contributed by atoms with van der Waals surface area (Å²) in [6.45, 7) is 0. The summed E-state index contributed by atoms with van der Waals surface area (Å²) >= 11 is 0. The first-order valence-electron chi connectivity index (χ1n) is 15.9. The van der Waals surface area contributed by atoms with Crippen molar-refractivity contribution in [2.45, 2.75) is 0 Å². The van der Waals surface area contributed by atoms with Crippen LogP contribution in [0, 0.1) is 0 Å². The Bertz CT molecular complexity index is 2820. The Labute approximate surface area is 270 Å². The van der Waals surface area contributed by atoms with E-state index in [0.29, 0.717) is 0 Å². The van der Waals surface area contributed by atoms with Gasteiger partial charge in [-0.2, -0.15) is 0 Å². The number of benzene rings is 8. The van der Waals surface area contributed by atoms with Gasteiger partial charge in [0.15, 0.2) is 0 Å². The zero-order chi connectivity index (χ0) is 30.9. The molecule has 0 aliphatic carbocycles. The molecule has 0 atom stereocenters. The molecule has 0 amide bonds. The number of anilines is 3. The first-order valence-corrected chi connectivity index (χ1v) is 15.9. The van der Waals surface area contributed by atoms with Crippen molar-refractivity contribution in [1.82, 2.24) is 0 Å². The summed E-state index contributed by atoms with van der Waals surface area (Å²) in [6.07, 6.45) is 0. The number of nitrogens with zero attached hydrogens (tertiary/aromatic N) is 1. The van der Waals surface area contributed by atoms with Crippen molar-refractivity contribution in [1.29, 1.82) is 0 Å². The Morgan fingerprint density at radius 3 is 1.66 bits per heavy atom. The van der Waals surface area contributed by atoms with Crippen molar-refractivity contribution in [3.63, 3.8) is 0 Å². The SMILES string of the molecule is c1ccc2cc(N(c3ccc4oc5ccccc5c4c3)c3ccc(-c4ccc5oc6ccccc6c5c4)c4ccccc34)ccc2c1. The summed E-state index contributed by atoms with van der Waals surface area (Å²) in [7, 11) is 0. The average Bonchev–Trinajstić information content (AvgIpc) is 3.69. The number of hydrogen-bond donors (Lipinski definition) is 0. The third-order valence-electron chi connectivity index (χ3n) is 9.44. The van der Waals surface area contributed by atoms with E-state index in [9.17, 15) is 0 Å². The van der Waals surface area contributed by atoms with Crippen LogP contribution in [0.3, 0.4) is 0 Å². The lowest BCUT2D eigenvalue weighted by Gasteiger charge is -2.28. The van der Waals surface area contributed by atoms with Gasteiger partial charge in [-0.25, -0.2) is 0 Å². The smallest absolute Gasteiger partial charge is 0.135 e. The molecule has 0 unspecified atom stereocenters. The Kier molecular flexibility index (Phi) is 5.57. The van der Waals surface area contributed by atoms with Crippen molar-refractivity contribution in [2.24, 2.45) is 0 Å². The lowest BCUT2D eigenvalue weighted by molar-refractivity contribution is 0.668. The first-order chi connectivity index (χ1) is 23.3. The molecular weight excluding hydrogens is 574 g/mol. The highest BCUT2D eigenvalue weighted by atomic mass is 16.3. The molecule has 0 saturated carbocycles. The van der Waals surface area contributed by atoms with E-state index < -0.39 is 0 Å². The van der Waals surface area contributed by atoms with Gasteiger partial charge in [0.25, 0.3) is 0 Å². The molecule has 0 aliphatic heterocycles. The molecule has 0 fully saturated rings. The summed E-state index contributed by atoms with van der Waals surface area (Å²) in [4.78, 5) is 2.38. The summed E-state index contributed by atoms with van der Waals surface area (Å²) in [6, 6.07) is 58.1. The molecule has 47 heavy (non-hydrogen) atoms. The monoisotopic (exact) mass is 601 g/mol. The Balaban J connectivity index is 1.21. The fourth-order valence-corrected chi connectivity index (χ4v) is 7.22. The van der Waals surface area contributed by atoms with Gasteiger partial charge < -0.3 is 13.7 Å². The maximum Gasteiger partial charge on any atom is 0.135 e. The van der Waals surface area contributed by atoms with Gasteiger partial charge in [-0.3, -0.25) is 0 Å². The van der Waals surface area contributed by atoms with Crippen molar-refractivity contribution in [3.05, 3.63) is 164 Å². The molecule has 0 radical (unpaired) electrons.